The quantitative estimate of drug-likeness (QED) is 0.439. The van der Waals surface area contributed by atoms with E-state index in [1.54, 1.807) is 0 Å². The number of halogens is 1. The van der Waals surface area contributed by atoms with E-state index in [2.05, 4.69) is 60.4 Å². The molecule has 0 aromatic heterocycles. The Labute approximate surface area is 157 Å². The summed E-state index contributed by atoms with van der Waals surface area (Å²) in [7, 11) is 4.20. The van der Waals surface area contributed by atoms with Gasteiger partial charge in [0.25, 0.3) is 0 Å². The number of nitrogens with zero attached hydrogens (tertiary/aromatic N) is 3. The van der Waals surface area contributed by atoms with E-state index < -0.39 is 0 Å². The number of rotatable bonds is 5. The molecule has 0 saturated carbocycles. The van der Waals surface area contributed by atoms with Crippen molar-refractivity contribution in [2.45, 2.75) is 19.6 Å². The number of nitrogens with one attached hydrogen (secondary N) is 1. The Morgan fingerprint density at radius 2 is 2.13 bits per heavy atom. The van der Waals surface area contributed by atoms with Gasteiger partial charge in [-0.1, -0.05) is 30.3 Å². The molecule has 0 radical (unpaired) electrons. The Balaban J connectivity index is 0.00000264. The van der Waals surface area contributed by atoms with Crippen LogP contribution in [0.2, 0.25) is 0 Å². The molecular weight excluding hydrogens is 403 g/mol. The van der Waals surface area contributed by atoms with Crippen LogP contribution in [0.25, 0.3) is 0 Å². The lowest BCUT2D eigenvalue weighted by Gasteiger charge is -2.29. The van der Waals surface area contributed by atoms with E-state index in [9.17, 15) is 0 Å². The number of morpholine rings is 1. The molecule has 1 unspecified atom stereocenters. The summed E-state index contributed by atoms with van der Waals surface area (Å²) in [6, 6.07) is 10.5. The van der Waals surface area contributed by atoms with E-state index in [4.69, 9.17) is 9.73 Å². The van der Waals surface area contributed by atoms with Crippen molar-refractivity contribution in [1.29, 1.82) is 0 Å². The van der Waals surface area contributed by atoms with E-state index in [1.165, 1.54) is 5.56 Å². The van der Waals surface area contributed by atoms with Gasteiger partial charge in [0.2, 0.25) is 0 Å². The smallest absolute Gasteiger partial charge is 0.194 e. The minimum atomic E-state index is 0. The fourth-order valence-corrected chi connectivity index (χ4v) is 2.57. The molecule has 0 spiro atoms. The average molecular weight is 432 g/mol. The fourth-order valence-electron chi connectivity index (χ4n) is 2.57. The zero-order valence-electron chi connectivity index (χ0n) is 14.4. The monoisotopic (exact) mass is 432 g/mol. The summed E-state index contributed by atoms with van der Waals surface area (Å²) in [6.07, 6.45) is 0.192. The van der Waals surface area contributed by atoms with Gasteiger partial charge < -0.3 is 19.9 Å². The molecule has 5 nitrogen and oxygen atoms in total. The summed E-state index contributed by atoms with van der Waals surface area (Å²) in [6.45, 7) is 7.26. The van der Waals surface area contributed by atoms with Crippen LogP contribution in [0.5, 0.6) is 0 Å². The van der Waals surface area contributed by atoms with Crippen molar-refractivity contribution < 1.29 is 4.74 Å². The minimum absolute atomic E-state index is 0. The van der Waals surface area contributed by atoms with Crippen molar-refractivity contribution in [3.8, 4) is 0 Å². The van der Waals surface area contributed by atoms with Gasteiger partial charge in [0.05, 0.1) is 19.3 Å². The standard InChI is InChI=1S/C17H28N4O.HI/c1-4-18-17(19-12-16-14-20(2)10-11-22-16)21(3)13-15-8-6-5-7-9-15;/h5-9,16H,4,10-14H2,1-3H3,(H,18,19);1H. The molecule has 23 heavy (non-hydrogen) atoms. The second-order valence-electron chi connectivity index (χ2n) is 5.79. The second-order valence-corrected chi connectivity index (χ2v) is 5.79. The first-order valence-electron chi connectivity index (χ1n) is 8.02. The summed E-state index contributed by atoms with van der Waals surface area (Å²) in [5, 5.41) is 3.36. The maximum absolute atomic E-state index is 5.78. The highest BCUT2D eigenvalue weighted by Crippen LogP contribution is 2.05. The molecule has 0 amide bonds. The molecular formula is C17H29IN4O. The van der Waals surface area contributed by atoms with Crippen LogP contribution in [-0.2, 0) is 11.3 Å². The number of hydrogen-bond acceptors (Lipinski definition) is 3. The van der Waals surface area contributed by atoms with Gasteiger partial charge in [-0.05, 0) is 19.5 Å². The molecule has 1 atom stereocenters. The topological polar surface area (TPSA) is 40.1 Å². The molecule has 1 aromatic carbocycles. The first-order valence-corrected chi connectivity index (χ1v) is 8.02. The zero-order chi connectivity index (χ0) is 15.8. The van der Waals surface area contributed by atoms with E-state index >= 15 is 0 Å². The number of guanidine groups is 1. The molecule has 1 aromatic rings. The highest BCUT2D eigenvalue weighted by Gasteiger charge is 2.17. The normalized spacial score (nSPS) is 19.1. The predicted molar refractivity (Wildman–Crippen MR) is 107 cm³/mol. The SMILES string of the molecule is CCNC(=NCC1CN(C)CCO1)N(C)Cc1ccccc1.I. The van der Waals surface area contributed by atoms with Crippen LogP contribution in [-0.4, -0.2) is 68.7 Å². The Bertz CT molecular complexity index is 469. The van der Waals surface area contributed by atoms with Gasteiger partial charge in [0.1, 0.15) is 0 Å². The van der Waals surface area contributed by atoms with Crippen LogP contribution in [0.1, 0.15) is 12.5 Å². The van der Waals surface area contributed by atoms with Gasteiger partial charge in [-0.15, -0.1) is 24.0 Å². The zero-order valence-corrected chi connectivity index (χ0v) is 16.7. The molecule has 1 aliphatic rings. The molecule has 6 heteroatoms. The van der Waals surface area contributed by atoms with Crippen LogP contribution >= 0.6 is 24.0 Å². The average Bonchev–Trinajstić information content (AvgIpc) is 2.52. The van der Waals surface area contributed by atoms with E-state index in [0.29, 0.717) is 6.54 Å². The maximum atomic E-state index is 5.78. The van der Waals surface area contributed by atoms with E-state index in [-0.39, 0.29) is 30.1 Å². The highest BCUT2D eigenvalue weighted by atomic mass is 127. The minimum Gasteiger partial charge on any atom is -0.374 e. The Morgan fingerprint density at radius 1 is 1.39 bits per heavy atom. The largest absolute Gasteiger partial charge is 0.374 e. The summed E-state index contributed by atoms with van der Waals surface area (Å²) in [5.41, 5.74) is 1.28. The maximum Gasteiger partial charge on any atom is 0.194 e. The Hall–Kier alpha value is -0.860. The van der Waals surface area contributed by atoms with Crippen LogP contribution in [0.4, 0.5) is 0 Å². The summed E-state index contributed by atoms with van der Waals surface area (Å²) < 4.78 is 5.78. The lowest BCUT2D eigenvalue weighted by atomic mass is 10.2. The van der Waals surface area contributed by atoms with Gasteiger partial charge in [-0.2, -0.15) is 0 Å². The third-order valence-electron chi connectivity index (χ3n) is 3.75. The summed E-state index contributed by atoms with van der Waals surface area (Å²) in [4.78, 5) is 9.20. The summed E-state index contributed by atoms with van der Waals surface area (Å²) in [5.74, 6) is 0.933. The molecule has 1 aliphatic heterocycles. The molecule has 1 N–H and O–H groups in total. The molecule has 1 heterocycles. The molecule has 1 saturated heterocycles. The first kappa shape index (κ1) is 20.2. The van der Waals surface area contributed by atoms with Crippen molar-refractivity contribution >= 4 is 29.9 Å². The molecule has 0 bridgehead atoms. The predicted octanol–water partition coefficient (Wildman–Crippen LogP) is 2.03. The van der Waals surface area contributed by atoms with E-state index in [0.717, 1.165) is 38.7 Å². The van der Waals surface area contributed by atoms with Crippen molar-refractivity contribution in [2.24, 2.45) is 4.99 Å². The molecule has 1 fully saturated rings. The summed E-state index contributed by atoms with van der Waals surface area (Å²) >= 11 is 0. The van der Waals surface area contributed by atoms with Crippen molar-refractivity contribution in [1.82, 2.24) is 15.1 Å². The van der Waals surface area contributed by atoms with Crippen molar-refractivity contribution in [3.63, 3.8) is 0 Å². The fraction of sp³-hybridized carbons (Fsp3) is 0.588. The second kappa shape index (κ2) is 10.8. The number of ether oxygens (including phenoxy) is 1. The van der Waals surface area contributed by atoms with Gasteiger partial charge in [-0.25, -0.2) is 0 Å². The van der Waals surface area contributed by atoms with Crippen molar-refractivity contribution in [3.05, 3.63) is 35.9 Å². The number of benzene rings is 1. The van der Waals surface area contributed by atoms with Crippen LogP contribution in [0.3, 0.4) is 0 Å². The van der Waals surface area contributed by atoms with Crippen molar-refractivity contribution in [2.75, 3.05) is 46.9 Å². The van der Waals surface area contributed by atoms with Crippen LogP contribution in [0.15, 0.2) is 35.3 Å². The Kier molecular flexibility index (Phi) is 9.50. The van der Waals surface area contributed by atoms with Crippen LogP contribution in [0, 0.1) is 0 Å². The lowest BCUT2D eigenvalue weighted by Crippen LogP contribution is -2.43. The number of likely N-dealkylation sites (N-methyl/N-ethyl adjacent to an activating group) is 1. The van der Waals surface area contributed by atoms with E-state index in [1.807, 2.05) is 6.07 Å². The first-order chi connectivity index (χ1) is 10.7. The van der Waals surface area contributed by atoms with Gasteiger partial charge in [0.15, 0.2) is 5.96 Å². The number of aliphatic imine (C=N–C) groups is 1. The molecule has 0 aliphatic carbocycles. The Morgan fingerprint density at radius 3 is 2.78 bits per heavy atom. The highest BCUT2D eigenvalue weighted by molar-refractivity contribution is 14.0. The van der Waals surface area contributed by atoms with Gasteiger partial charge in [0, 0.05) is 33.2 Å². The third kappa shape index (κ3) is 7.05. The third-order valence-corrected chi connectivity index (χ3v) is 3.75. The van der Waals surface area contributed by atoms with Crippen LogP contribution < -0.4 is 5.32 Å². The van der Waals surface area contributed by atoms with Gasteiger partial charge >= 0.3 is 0 Å². The lowest BCUT2D eigenvalue weighted by molar-refractivity contribution is -0.0137. The molecule has 130 valence electrons. The van der Waals surface area contributed by atoms with Gasteiger partial charge in [-0.3, -0.25) is 4.99 Å². The number of hydrogen-bond donors (Lipinski definition) is 1. The molecule has 2 rings (SSSR count).